The molecule has 1 aliphatic rings. The van der Waals surface area contributed by atoms with Crippen LogP contribution in [0.5, 0.6) is 5.75 Å². The number of phenols is 1. The van der Waals surface area contributed by atoms with Crippen LogP contribution in [0, 0.1) is 0 Å². The van der Waals surface area contributed by atoms with Gasteiger partial charge in [-0.05, 0) is 17.7 Å². The SMILES string of the molecule is NCC(O)c1ccc(O)cc1.O=C1OC(C(O)CO)C(O)C1=O. The lowest BCUT2D eigenvalue weighted by Crippen LogP contribution is -2.38. The molecule has 0 aromatic heterocycles. The Labute approximate surface area is 131 Å². The third-order valence-corrected chi connectivity index (χ3v) is 3.09. The molecule has 1 heterocycles. The van der Waals surface area contributed by atoms with Crippen LogP contribution in [-0.2, 0) is 14.3 Å². The van der Waals surface area contributed by atoms with Crippen molar-refractivity contribution in [1.82, 2.24) is 0 Å². The van der Waals surface area contributed by atoms with Gasteiger partial charge in [0.2, 0.25) is 0 Å². The number of cyclic esters (lactones) is 1. The van der Waals surface area contributed by atoms with Gasteiger partial charge < -0.3 is 36.0 Å². The van der Waals surface area contributed by atoms with E-state index < -0.39 is 42.8 Å². The van der Waals surface area contributed by atoms with Crippen molar-refractivity contribution >= 4 is 11.8 Å². The zero-order valence-electron chi connectivity index (χ0n) is 12.1. The molecule has 1 fully saturated rings. The number of aliphatic hydroxyl groups is 4. The third kappa shape index (κ3) is 4.98. The van der Waals surface area contributed by atoms with Crippen molar-refractivity contribution < 1.29 is 39.9 Å². The van der Waals surface area contributed by atoms with Crippen LogP contribution >= 0.6 is 0 Å². The van der Waals surface area contributed by atoms with E-state index in [1.54, 1.807) is 12.1 Å². The van der Waals surface area contributed by atoms with Crippen molar-refractivity contribution in [3.8, 4) is 5.75 Å². The van der Waals surface area contributed by atoms with Gasteiger partial charge in [-0.1, -0.05) is 12.1 Å². The number of ketones is 1. The molecular formula is C14H19NO8. The summed E-state index contributed by atoms with van der Waals surface area (Å²) in [5, 5.41) is 44.4. The summed E-state index contributed by atoms with van der Waals surface area (Å²) in [6.45, 7) is -0.479. The fourth-order valence-corrected chi connectivity index (χ4v) is 1.74. The highest BCUT2D eigenvalue weighted by molar-refractivity contribution is 6.37. The third-order valence-electron chi connectivity index (χ3n) is 3.09. The predicted molar refractivity (Wildman–Crippen MR) is 76.1 cm³/mol. The summed E-state index contributed by atoms with van der Waals surface area (Å²) < 4.78 is 4.29. The first kappa shape index (κ1) is 19.0. The number of carbonyl (C=O) groups is 2. The Balaban J connectivity index is 0.000000231. The van der Waals surface area contributed by atoms with E-state index in [4.69, 9.17) is 26.2 Å². The van der Waals surface area contributed by atoms with Gasteiger partial charge in [-0.2, -0.15) is 0 Å². The maximum atomic E-state index is 10.6. The Hall–Kier alpha value is -2.04. The van der Waals surface area contributed by atoms with Crippen LogP contribution in [0.2, 0.25) is 0 Å². The summed E-state index contributed by atoms with van der Waals surface area (Å²) >= 11 is 0. The van der Waals surface area contributed by atoms with Gasteiger partial charge in [0.05, 0.1) is 12.7 Å². The smallest absolute Gasteiger partial charge is 0.378 e. The number of esters is 1. The Morgan fingerprint density at radius 1 is 1.17 bits per heavy atom. The number of benzene rings is 1. The lowest BCUT2D eigenvalue weighted by molar-refractivity contribution is -0.152. The second-order valence-electron chi connectivity index (χ2n) is 4.77. The number of rotatable bonds is 4. The first-order chi connectivity index (χ1) is 10.8. The van der Waals surface area contributed by atoms with Gasteiger partial charge in [-0.25, -0.2) is 4.79 Å². The number of hydrogen-bond acceptors (Lipinski definition) is 9. The molecule has 1 saturated heterocycles. The molecule has 9 heteroatoms. The quantitative estimate of drug-likeness (QED) is 0.260. The van der Waals surface area contributed by atoms with Gasteiger partial charge in [-0.15, -0.1) is 0 Å². The largest absolute Gasteiger partial charge is 0.508 e. The van der Waals surface area contributed by atoms with Crippen LogP contribution in [0.4, 0.5) is 0 Å². The normalized spacial score (nSPS) is 22.8. The summed E-state index contributed by atoms with van der Waals surface area (Å²) in [6.07, 6.45) is -5.05. The van der Waals surface area contributed by atoms with Crippen molar-refractivity contribution in [2.45, 2.75) is 24.4 Å². The molecule has 0 amide bonds. The Morgan fingerprint density at radius 3 is 2.13 bits per heavy atom. The molecule has 1 aromatic carbocycles. The summed E-state index contributed by atoms with van der Waals surface area (Å²) in [7, 11) is 0. The Bertz CT molecular complexity index is 532. The summed E-state index contributed by atoms with van der Waals surface area (Å²) in [5.74, 6) is -2.08. The summed E-state index contributed by atoms with van der Waals surface area (Å²) in [4.78, 5) is 21.1. The Morgan fingerprint density at radius 2 is 1.74 bits per heavy atom. The molecule has 128 valence electrons. The maximum Gasteiger partial charge on any atom is 0.378 e. The number of aromatic hydroxyl groups is 1. The molecule has 0 saturated carbocycles. The van der Waals surface area contributed by atoms with E-state index in [0.717, 1.165) is 5.56 Å². The number of Topliss-reactive ketones (excluding diaryl/α,β-unsaturated/α-hetero) is 1. The molecule has 2 rings (SSSR count). The van der Waals surface area contributed by atoms with E-state index in [-0.39, 0.29) is 12.3 Å². The minimum absolute atomic E-state index is 0.193. The van der Waals surface area contributed by atoms with Crippen molar-refractivity contribution in [2.24, 2.45) is 5.73 Å². The number of hydrogen-bond donors (Lipinski definition) is 6. The average molecular weight is 329 g/mol. The lowest BCUT2D eigenvalue weighted by Gasteiger charge is -2.15. The fourth-order valence-electron chi connectivity index (χ4n) is 1.74. The van der Waals surface area contributed by atoms with Crippen LogP contribution in [-0.4, -0.2) is 68.7 Å². The highest BCUT2D eigenvalue weighted by atomic mass is 16.6. The fraction of sp³-hybridized carbons (Fsp3) is 0.429. The van der Waals surface area contributed by atoms with Gasteiger partial charge in [0.15, 0.2) is 12.2 Å². The number of nitrogens with two attached hydrogens (primary N) is 1. The van der Waals surface area contributed by atoms with E-state index in [1.807, 2.05) is 0 Å². The molecule has 7 N–H and O–H groups in total. The van der Waals surface area contributed by atoms with Gasteiger partial charge in [0.25, 0.3) is 5.78 Å². The van der Waals surface area contributed by atoms with Crippen molar-refractivity contribution in [2.75, 3.05) is 13.2 Å². The molecule has 4 unspecified atom stereocenters. The first-order valence-corrected chi connectivity index (χ1v) is 6.70. The van der Waals surface area contributed by atoms with Gasteiger partial charge >= 0.3 is 5.97 Å². The van der Waals surface area contributed by atoms with Crippen molar-refractivity contribution in [1.29, 1.82) is 0 Å². The summed E-state index contributed by atoms with van der Waals surface area (Å²) in [5.41, 5.74) is 5.96. The van der Waals surface area contributed by atoms with Crippen LogP contribution in [0.3, 0.4) is 0 Å². The molecule has 0 bridgehead atoms. The van der Waals surface area contributed by atoms with E-state index in [2.05, 4.69) is 4.74 Å². The molecule has 0 radical (unpaired) electrons. The number of phenolic OH excluding ortho intramolecular Hbond substituents is 1. The first-order valence-electron chi connectivity index (χ1n) is 6.70. The second kappa shape index (κ2) is 8.56. The van der Waals surface area contributed by atoms with E-state index >= 15 is 0 Å². The van der Waals surface area contributed by atoms with Crippen LogP contribution in [0.15, 0.2) is 24.3 Å². The highest BCUT2D eigenvalue weighted by Crippen LogP contribution is 2.15. The van der Waals surface area contributed by atoms with Crippen LogP contribution in [0.25, 0.3) is 0 Å². The van der Waals surface area contributed by atoms with E-state index in [1.165, 1.54) is 12.1 Å². The van der Waals surface area contributed by atoms with Crippen LogP contribution in [0.1, 0.15) is 11.7 Å². The maximum absolute atomic E-state index is 10.6. The van der Waals surface area contributed by atoms with Gasteiger partial charge in [0.1, 0.15) is 11.9 Å². The monoisotopic (exact) mass is 329 g/mol. The number of carbonyl (C=O) groups excluding carboxylic acids is 2. The minimum Gasteiger partial charge on any atom is -0.508 e. The molecule has 1 aromatic rings. The van der Waals surface area contributed by atoms with Crippen LogP contribution < -0.4 is 5.73 Å². The van der Waals surface area contributed by atoms with E-state index in [0.29, 0.717) is 0 Å². The molecule has 23 heavy (non-hydrogen) atoms. The number of ether oxygens (including phenoxy) is 1. The summed E-state index contributed by atoms with van der Waals surface area (Å²) in [6, 6.07) is 6.34. The lowest BCUT2D eigenvalue weighted by atomic mass is 10.1. The van der Waals surface area contributed by atoms with E-state index in [9.17, 15) is 14.7 Å². The van der Waals surface area contributed by atoms with Crippen molar-refractivity contribution in [3.63, 3.8) is 0 Å². The molecule has 0 spiro atoms. The molecular weight excluding hydrogens is 310 g/mol. The van der Waals surface area contributed by atoms with Gasteiger partial charge in [-0.3, -0.25) is 4.79 Å². The Kier molecular flexibility index (Phi) is 7.07. The average Bonchev–Trinajstić information content (AvgIpc) is 2.82. The second-order valence-corrected chi connectivity index (χ2v) is 4.77. The predicted octanol–water partition coefficient (Wildman–Crippen LogP) is -2.42. The molecule has 9 nitrogen and oxygen atoms in total. The minimum atomic E-state index is -1.67. The molecule has 1 aliphatic heterocycles. The highest BCUT2D eigenvalue weighted by Gasteiger charge is 2.45. The molecule has 0 aliphatic carbocycles. The standard InChI is InChI=1S/C8H11NO2.C6H8O6/c9-5-8(11)6-1-3-7(10)4-2-6;7-1-2(8)5-3(9)4(10)6(11)12-5/h1-4,8,10-11H,5,9H2;2-3,5,7-9H,1H2. The zero-order chi connectivity index (χ0) is 17.6. The zero-order valence-corrected chi connectivity index (χ0v) is 12.1. The molecule has 4 atom stereocenters. The van der Waals surface area contributed by atoms with Crippen molar-refractivity contribution in [3.05, 3.63) is 29.8 Å². The number of aliphatic hydroxyl groups excluding tert-OH is 4. The van der Waals surface area contributed by atoms with Gasteiger partial charge in [0, 0.05) is 6.54 Å². The topological polar surface area (TPSA) is 171 Å².